The van der Waals surface area contributed by atoms with Gasteiger partial charge in [-0.1, -0.05) is 29.8 Å². The third-order valence-electron chi connectivity index (χ3n) is 4.59. The van der Waals surface area contributed by atoms with Crippen LogP contribution in [0.15, 0.2) is 48.8 Å². The highest BCUT2D eigenvalue weighted by Crippen LogP contribution is 2.29. The Morgan fingerprint density at radius 1 is 0.875 bits per heavy atom. The molecule has 0 radical (unpaired) electrons. The van der Waals surface area contributed by atoms with Crippen molar-refractivity contribution in [1.29, 1.82) is 0 Å². The van der Waals surface area contributed by atoms with Crippen molar-refractivity contribution in [2.24, 2.45) is 0 Å². The molecule has 1 aromatic heterocycles. The average Bonchev–Trinajstić information content (AvgIpc) is 2.62. The van der Waals surface area contributed by atoms with Crippen molar-refractivity contribution < 1.29 is 0 Å². The molecule has 5 heteroatoms. The van der Waals surface area contributed by atoms with Gasteiger partial charge in [-0.2, -0.15) is 0 Å². The third-order valence-corrected chi connectivity index (χ3v) is 4.85. The first-order chi connectivity index (χ1) is 11.7. The van der Waals surface area contributed by atoms with Crippen LogP contribution in [0.2, 0.25) is 5.02 Å². The maximum Gasteiger partial charge on any atom is 0.139 e. The number of likely N-dealkylation sites (N-methyl/N-ethyl adjacent to an activating group) is 1. The first-order valence-corrected chi connectivity index (χ1v) is 8.53. The number of anilines is 1. The summed E-state index contributed by atoms with van der Waals surface area (Å²) in [5, 5.41) is 1.86. The lowest BCUT2D eigenvalue weighted by Crippen LogP contribution is -2.44. The molecule has 1 fully saturated rings. The highest BCUT2D eigenvalue weighted by molar-refractivity contribution is 6.30. The van der Waals surface area contributed by atoms with E-state index < -0.39 is 0 Å². The van der Waals surface area contributed by atoms with Crippen molar-refractivity contribution in [3.8, 4) is 11.1 Å². The van der Waals surface area contributed by atoms with Gasteiger partial charge in [-0.3, -0.25) is 0 Å². The monoisotopic (exact) mass is 338 g/mol. The zero-order chi connectivity index (χ0) is 16.5. The summed E-state index contributed by atoms with van der Waals surface area (Å²) in [7, 11) is 2.16. The van der Waals surface area contributed by atoms with E-state index in [1.54, 1.807) is 6.33 Å². The van der Waals surface area contributed by atoms with Gasteiger partial charge in [0.1, 0.15) is 12.1 Å². The molecule has 3 aromatic rings. The maximum atomic E-state index is 6.00. The minimum absolute atomic E-state index is 0.751. The van der Waals surface area contributed by atoms with E-state index in [-0.39, 0.29) is 0 Å². The molecule has 4 nitrogen and oxygen atoms in total. The van der Waals surface area contributed by atoms with Crippen molar-refractivity contribution in [3.05, 3.63) is 53.8 Å². The van der Waals surface area contributed by atoms with Gasteiger partial charge >= 0.3 is 0 Å². The lowest BCUT2D eigenvalue weighted by atomic mass is 10.0. The highest BCUT2D eigenvalue weighted by Gasteiger charge is 2.18. The minimum Gasteiger partial charge on any atom is -0.353 e. The van der Waals surface area contributed by atoms with Gasteiger partial charge in [0.2, 0.25) is 0 Å². The summed E-state index contributed by atoms with van der Waals surface area (Å²) in [5.74, 6) is 1.03. The molecule has 0 N–H and O–H groups in total. The number of hydrogen-bond donors (Lipinski definition) is 0. The van der Waals surface area contributed by atoms with Crippen LogP contribution in [0.5, 0.6) is 0 Å². The Balaban J connectivity index is 1.77. The maximum absolute atomic E-state index is 6.00. The van der Waals surface area contributed by atoms with Crippen LogP contribution in [0.1, 0.15) is 0 Å². The van der Waals surface area contributed by atoms with Gasteiger partial charge in [0.05, 0.1) is 5.52 Å². The zero-order valence-corrected chi connectivity index (χ0v) is 14.4. The Morgan fingerprint density at radius 3 is 2.33 bits per heavy atom. The molecule has 2 aromatic carbocycles. The molecular formula is C19H19ClN4. The van der Waals surface area contributed by atoms with Crippen LogP contribution in [0.4, 0.5) is 5.82 Å². The number of fused-ring (bicyclic) bond motifs is 1. The van der Waals surface area contributed by atoms with E-state index in [1.165, 1.54) is 0 Å². The molecule has 4 rings (SSSR count). The van der Waals surface area contributed by atoms with Crippen LogP contribution in [0, 0.1) is 0 Å². The van der Waals surface area contributed by atoms with Gasteiger partial charge in [-0.15, -0.1) is 0 Å². The van der Waals surface area contributed by atoms with E-state index in [9.17, 15) is 0 Å². The minimum atomic E-state index is 0.751. The molecule has 0 atom stereocenters. The van der Waals surface area contributed by atoms with E-state index in [0.29, 0.717) is 0 Å². The number of hydrogen-bond acceptors (Lipinski definition) is 4. The van der Waals surface area contributed by atoms with Crippen molar-refractivity contribution in [2.45, 2.75) is 0 Å². The quantitative estimate of drug-likeness (QED) is 0.713. The van der Waals surface area contributed by atoms with Crippen LogP contribution in [0.25, 0.3) is 22.0 Å². The molecule has 0 saturated carbocycles. The molecule has 24 heavy (non-hydrogen) atoms. The summed E-state index contributed by atoms with van der Waals surface area (Å²) in [6.45, 7) is 4.10. The van der Waals surface area contributed by atoms with Crippen molar-refractivity contribution >= 4 is 28.3 Å². The molecule has 1 saturated heterocycles. The molecule has 0 spiro atoms. The number of piperazine rings is 1. The molecule has 1 aliphatic heterocycles. The number of rotatable bonds is 2. The van der Waals surface area contributed by atoms with Crippen molar-refractivity contribution in [2.75, 3.05) is 38.1 Å². The molecule has 0 unspecified atom stereocenters. The smallest absolute Gasteiger partial charge is 0.139 e. The Labute approximate surface area is 146 Å². The van der Waals surface area contributed by atoms with Crippen molar-refractivity contribution in [3.63, 3.8) is 0 Å². The number of aromatic nitrogens is 2. The fourth-order valence-electron chi connectivity index (χ4n) is 3.14. The summed E-state index contributed by atoms with van der Waals surface area (Å²) in [6, 6.07) is 14.3. The van der Waals surface area contributed by atoms with E-state index in [0.717, 1.165) is 59.0 Å². The molecule has 1 aliphatic rings. The Morgan fingerprint density at radius 2 is 1.58 bits per heavy atom. The van der Waals surface area contributed by atoms with E-state index in [1.807, 2.05) is 24.3 Å². The van der Waals surface area contributed by atoms with Gasteiger partial charge in [0.15, 0.2) is 0 Å². The molecule has 0 bridgehead atoms. The van der Waals surface area contributed by atoms with Gasteiger partial charge in [-0.25, -0.2) is 9.97 Å². The first kappa shape index (κ1) is 15.4. The number of benzene rings is 2. The average molecular weight is 339 g/mol. The highest BCUT2D eigenvalue weighted by atomic mass is 35.5. The molecule has 0 amide bonds. The first-order valence-electron chi connectivity index (χ1n) is 8.15. The van der Waals surface area contributed by atoms with Gasteiger partial charge in [0.25, 0.3) is 0 Å². The Bertz CT molecular complexity index is 855. The molecular weight excluding hydrogens is 320 g/mol. The summed E-state index contributed by atoms with van der Waals surface area (Å²) >= 11 is 6.00. The van der Waals surface area contributed by atoms with Gasteiger partial charge < -0.3 is 9.80 Å². The predicted molar refractivity (Wildman–Crippen MR) is 99.7 cm³/mol. The topological polar surface area (TPSA) is 32.3 Å². The lowest BCUT2D eigenvalue weighted by Gasteiger charge is -2.33. The van der Waals surface area contributed by atoms with E-state index >= 15 is 0 Å². The normalized spacial score (nSPS) is 15.8. The van der Waals surface area contributed by atoms with Crippen molar-refractivity contribution in [1.82, 2.24) is 14.9 Å². The Hall–Kier alpha value is -2.17. The summed E-state index contributed by atoms with van der Waals surface area (Å²) in [6.07, 6.45) is 1.66. The second-order valence-corrected chi connectivity index (χ2v) is 6.66. The van der Waals surface area contributed by atoms with Crippen LogP contribution < -0.4 is 4.90 Å². The molecule has 2 heterocycles. The number of nitrogens with zero attached hydrogens (tertiary/aromatic N) is 4. The summed E-state index contributed by atoms with van der Waals surface area (Å²) in [4.78, 5) is 13.7. The van der Waals surface area contributed by atoms with Crippen LogP contribution in [-0.4, -0.2) is 48.1 Å². The number of halogens is 1. The van der Waals surface area contributed by atoms with E-state index in [2.05, 4.69) is 45.0 Å². The fourth-order valence-corrected chi connectivity index (χ4v) is 3.26. The second kappa shape index (κ2) is 6.38. The largest absolute Gasteiger partial charge is 0.353 e. The fraction of sp³-hybridized carbons (Fsp3) is 0.263. The SMILES string of the molecule is CN1CCN(c2ncnc3ccc(-c4ccc(Cl)cc4)cc23)CC1. The second-order valence-electron chi connectivity index (χ2n) is 6.23. The lowest BCUT2D eigenvalue weighted by molar-refractivity contribution is 0.312. The van der Waals surface area contributed by atoms with Gasteiger partial charge in [0, 0.05) is 36.6 Å². The molecule has 0 aliphatic carbocycles. The summed E-state index contributed by atoms with van der Waals surface area (Å²) < 4.78 is 0. The van der Waals surface area contributed by atoms with Crippen LogP contribution in [-0.2, 0) is 0 Å². The predicted octanol–water partition coefficient (Wildman–Crippen LogP) is 3.70. The standard InChI is InChI=1S/C19H19ClN4/c1-23-8-10-24(11-9-23)19-17-12-15(4-7-18(17)21-13-22-19)14-2-5-16(20)6-3-14/h2-7,12-13H,8-11H2,1H3. The molecule has 122 valence electrons. The van der Waals surface area contributed by atoms with E-state index in [4.69, 9.17) is 11.6 Å². The van der Waals surface area contributed by atoms with Gasteiger partial charge in [-0.05, 0) is 42.4 Å². The van der Waals surface area contributed by atoms with Crippen LogP contribution >= 0.6 is 11.6 Å². The summed E-state index contributed by atoms with van der Waals surface area (Å²) in [5.41, 5.74) is 3.29. The third kappa shape index (κ3) is 2.95. The Kier molecular flexibility index (Phi) is 4.08. The zero-order valence-electron chi connectivity index (χ0n) is 13.6. The van der Waals surface area contributed by atoms with Crippen LogP contribution in [0.3, 0.4) is 0 Å².